The molecule has 2 aromatic rings. The van der Waals surface area contributed by atoms with Gasteiger partial charge in [-0.1, -0.05) is 24.3 Å². The molecule has 2 aromatic carbocycles. The Hall–Kier alpha value is -3.15. The topological polar surface area (TPSA) is 92.7 Å². The quantitative estimate of drug-likeness (QED) is 0.777. The number of ether oxygens (including phenoxy) is 1. The molecule has 0 aliphatic heterocycles. The van der Waals surface area contributed by atoms with E-state index in [4.69, 9.17) is 0 Å². The Morgan fingerprint density at radius 2 is 1.73 bits per heavy atom. The van der Waals surface area contributed by atoms with Crippen LogP contribution < -0.4 is 5.32 Å². The van der Waals surface area contributed by atoms with E-state index in [-0.39, 0.29) is 17.5 Å². The highest BCUT2D eigenvalue weighted by molar-refractivity contribution is 5.99. The molecule has 1 atom stereocenters. The van der Waals surface area contributed by atoms with Gasteiger partial charge in [-0.05, 0) is 48.7 Å². The van der Waals surface area contributed by atoms with Crippen LogP contribution >= 0.6 is 0 Å². The molecule has 26 heavy (non-hydrogen) atoms. The summed E-state index contributed by atoms with van der Waals surface area (Å²) < 4.78 is 4.63. The van der Waals surface area contributed by atoms with E-state index in [0.717, 1.165) is 16.7 Å². The molecule has 0 saturated heterocycles. The number of aliphatic carboxylic acids is 1. The smallest absolute Gasteiger partial charge is 0.337 e. The minimum Gasteiger partial charge on any atom is -0.480 e. The molecule has 0 aliphatic carbocycles. The zero-order valence-electron chi connectivity index (χ0n) is 14.9. The molecule has 0 fully saturated rings. The maximum Gasteiger partial charge on any atom is 0.337 e. The first kappa shape index (κ1) is 19.2. The first-order valence-electron chi connectivity index (χ1n) is 8.10. The Labute approximate surface area is 151 Å². The molecule has 0 bridgehead atoms. The maximum atomic E-state index is 12.4. The minimum atomic E-state index is -1.12. The fourth-order valence-electron chi connectivity index (χ4n) is 2.51. The van der Waals surface area contributed by atoms with Crippen LogP contribution in [0.15, 0.2) is 42.5 Å². The van der Waals surface area contributed by atoms with Crippen LogP contribution in [-0.4, -0.2) is 36.1 Å². The minimum absolute atomic E-state index is 0.166. The molecule has 6 nitrogen and oxygen atoms in total. The normalized spacial score (nSPS) is 11.5. The number of methoxy groups -OCH3 is 1. The average molecular weight is 355 g/mol. The Kier molecular flexibility index (Phi) is 6.11. The van der Waals surface area contributed by atoms with Gasteiger partial charge in [-0.2, -0.15) is 0 Å². The van der Waals surface area contributed by atoms with E-state index < -0.39 is 23.9 Å². The van der Waals surface area contributed by atoms with Gasteiger partial charge in [0.2, 0.25) is 0 Å². The van der Waals surface area contributed by atoms with Gasteiger partial charge in [-0.25, -0.2) is 9.59 Å². The lowest BCUT2D eigenvalue weighted by atomic mass is 10.0. The van der Waals surface area contributed by atoms with Gasteiger partial charge in [0.25, 0.3) is 5.91 Å². The molecule has 1 amide bonds. The molecule has 2 N–H and O–H groups in total. The highest BCUT2D eigenvalue weighted by atomic mass is 16.5. The standard InChI is InChI=1S/C20H21NO5/c1-12-7-8-14(9-13(12)2)10-17(19(23)24)21-18(22)15-5-4-6-16(11-15)20(25)26-3/h4-9,11,17H,10H2,1-3H3,(H,21,22)(H,23,24)/t17-/m0/s1. The molecule has 0 heterocycles. The van der Waals surface area contributed by atoms with E-state index in [1.807, 2.05) is 32.0 Å². The number of carboxylic acids is 1. The molecular formula is C20H21NO5. The Morgan fingerprint density at radius 3 is 2.35 bits per heavy atom. The summed E-state index contributed by atoms with van der Waals surface area (Å²) in [4.78, 5) is 35.5. The van der Waals surface area contributed by atoms with E-state index in [0.29, 0.717) is 0 Å². The largest absolute Gasteiger partial charge is 0.480 e. The van der Waals surface area contributed by atoms with Gasteiger partial charge in [-0.3, -0.25) is 4.79 Å². The third kappa shape index (κ3) is 4.69. The van der Waals surface area contributed by atoms with Crippen LogP contribution in [0.5, 0.6) is 0 Å². The number of nitrogens with one attached hydrogen (secondary N) is 1. The van der Waals surface area contributed by atoms with Crippen molar-refractivity contribution in [1.29, 1.82) is 0 Å². The van der Waals surface area contributed by atoms with E-state index in [1.54, 1.807) is 6.07 Å². The Balaban J connectivity index is 2.16. The molecule has 0 unspecified atom stereocenters. The summed E-state index contributed by atoms with van der Waals surface area (Å²) in [6.07, 6.45) is 0.166. The monoisotopic (exact) mass is 355 g/mol. The van der Waals surface area contributed by atoms with Crippen LogP contribution in [0, 0.1) is 13.8 Å². The Bertz CT molecular complexity index is 844. The van der Waals surface area contributed by atoms with Crippen molar-refractivity contribution in [2.45, 2.75) is 26.3 Å². The molecule has 0 aromatic heterocycles. The fourth-order valence-corrected chi connectivity index (χ4v) is 2.51. The van der Waals surface area contributed by atoms with Crippen LogP contribution in [0.4, 0.5) is 0 Å². The second-order valence-corrected chi connectivity index (χ2v) is 6.06. The van der Waals surface area contributed by atoms with Crippen LogP contribution in [-0.2, 0) is 16.0 Å². The number of carbonyl (C=O) groups excluding carboxylic acids is 2. The molecule has 0 saturated carbocycles. The molecule has 0 aliphatic rings. The molecule has 0 radical (unpaired) electrons. The van der Waals surface area contributed by atoms with Crippen molar-refractivity contribution in [2.75, 3.05) is 7.11 Å². The lowest BCUT2D eigenvalue weighted by molar-refractivity contribution is -0.139. The number of amides is 1. The number of carbonyl (C=O) groups is 3. The van der Waals surface area contributed by atoms with Crippen LogP contribution in [0.25, 0.3) is 0 Å². The van der Waals surface area contributed by atoms with Gasteiger partial charge in [0.05, 0.1) is 12.7 Å². The number of benzene rings is 2. The van der Waals surface area contributed by atoms with Gasteiger partial charge >= 0.3 is 11.9 Å². The summed E-state index contributed by atoms with van der Waals surface area (Å²) in [6.45, 7) is 3.93. The van der Waals surface area contributed by atoms with Crippen molar-refractivity contribution in [2.24, 2.45) is 0 Å². The zero-order chi connectivity index (χ0) is 19.3. The molecule has 136 valence electrons. The highest BCUT2D eigenvalue weighted by Gasteiger charge is 2.22. The first-order chi connectivity index (χ1) is 12.3. The fraction of sp³-hybridized carbons (Fsp3) is 0.250. The summed E-state index contributed by atoms with van der Waals surface area (Å²) in [7, 11) is 1.25. The predicted octanol–water partition coefficient (Wildman–Crippen LogP) is 2.52. The van der Waals surface area contributed by atoms with Gasteiger partial charge in [0.15, 0.2) is 0 Å². The number of hydrogen-bond acceptors (Lipinski definition) is 4. The van der Waals surface area contributed by atoms with Crippen molar-refractivity contribution in [3.63, 3.8) is 0 Å². The number of rotatable bonds is 6. The van der Waals surface area contributed by atoms with Gasteiger partial charge in [-0.15, -0.1) is 0 Å². The summed E-state index contributed by atoms with van der Waals surface area (Å²) in [5, 5.41) is 12.0. The lowest BCUT2D eigenvalue weighted by Gasteiger charge is -2.16. The third-order valence-electron chi connectivity index (χ3n) is 4.16. The lowest BCUT2D eigenvalue weighted by Crippen LogP contribution is -2.42. The van der Waals surface area contributed by atoms with Crippen molar-refractivity contribution < 1.29 is 24.2 Å². The number of hydrogen-bond donors (Lipinski definition) is 2. The van der Waals surface area contributed by atoms with Crippen LogP contribution in [0.3, 0.4) is 0 Å². The average Bonchev–Trinajstić information content (AvgIpc) is 2.63. The number of aryl methyl sites for hydroxylation is 2. The van der Waals surface area contributed by atoms with Gasteiger partial charge in [0.1, 0.15) is 6.04 Å². The summed E-state index contributed by atoms with van der Waals surface area (Å²) in [6, 6.07) is 10.5. The highest BCUT2D eigenvalue weighted by Crippen LogP contribution is 2.13. The third-order valence-corrected chi connectivity index (χ3v) is 4.16. The SMILES string of the molecule is COC(=O)c1cccc(C(=O)N[C@@H](Cc2ccc(C)c(C)c2)C(=O)O)c1. The van der Waals surface area contributed by atoms with Crippen molar-refractivity contribution in [1.82, 2.24) is 5.32 Å². The molecular weight excluding hydrogens is 334 g/mol. The van der Waals surface area contributed by atoms with E-state index in [2.05, 4.69) is 10.1 Å². The van der Waals surface area contributed by atoms with Crippen molar-refractivity contribution in [3.8, 4) is 0 Å². The summed E-state index contributed by atoms with van der Waals surface area (Å²) >= 11 is 0. The number of esters is 1. The summed E-state index contributed by atoms with van der Waals surface area (Å²) in [5.74, 6) is -2.25. The van der Waals surface area contributed by atoms with Gasteiger partial charge in [0, 0.05) is 12.0 Å². The molecule has 0 spiro atoms. The molecule has 6 heteroatoms. The van der Waals surface area contributed by atoms with Crippen LogP contribution in [0.1, 0.15) is 37.4 Å². The number of carboxylic acid groups (broad SMARTS) is 1. The van der Waals surface area contributed by atoms with Gasteiger partial charge < -0.3 is 15.2 Å². The van der Waals surface area contributed by atoms with Crippen LogP contribution in [0.2, 0.25) is 0 Å². The molecule has 2 rings (SSSR count). The summed E-state index contributed by atoms with van der Waals surface area (Å²) in [5.41, 5.74) is 3.41. The first-order valence-corrected chi connectivity index (χ1v) is 8.10. The maximum absolute atomic E-state index is 12.4. The van der Waals surface area contributed by atoms with Crippen molar-refractivity contribution in [3.05, 3.63) is 70.3 Å². The zero-order valence-corrected chi connectivity index (χ0v) is 14.9. The Morgan fingerprint density at radius 1 is 1.04 bits per heavy atom. The van der Waals surface area contributed by atoms with E-state index in [1.165, 1.54) is 25.3 Å². The second kappa shape index (κ2) is 8.29. The van der Waals surface area contributed by atoms with E-state index >= 15 is 0 Å². The van der Waals surface area contributed by atoms with Crippen molar-refractivity contribution >= 4 is 17.8 Å². The predicted molar refractivity (Wildman–Crippen MR) is 96.3 cm³/mol. The van der Waals surface area contributed by atoms with E-state index in [9.17, 15) is 19.5 Å². The second-order valence-electron chi connectivity index (χ2n) is 6.06.